The van der Waals surface area contributed by atoms with E-state index in [1.54, 1.807) is 6.07 Å². The minimum absolute atomic E-state index is 0.392. The lowest BCUT2D eigenvalue weighted by Gasteiger charge is -2.15. The fourth-order valence-corrected chi connectivity index (χ4v) is 1.91. The summed E-state index contributed by atoms with van der Waals surface area (Å²) in [5, 5.41) is 8.17. The molecule has 1 aromatic heterocycles. The van der Waals surface area contributed by atoms with Crippen LogP contribution in [0, 0.1) is 0 Å². The number of halogens is 1. The van der Waals surface area contributed by atoms with E-state index in [4.69, 9.17) is 16.3 Å². The monoisotopic (exact) mass is 276 g/mol. The molecule has 0 fully saturated rings. The van der Waals surface area contributed by atoms with Crippen LogP contribution in [0.4, 0.5) is 0 Å². The Hall–Kier alpha value is -1.61. The van der Waals surface area contributed by atoms with Crippen LogP contribution in [0.25, 0.3) is 0 Å². The molecule has 2 aromatic rings. The second-order valence-electron chi connectivity index (χ2n) is 4.48. The normalized spacial score (nSPS) is 12.2. The van der Waals surface area contributed by atoms with Crippen molar-refractivity contribution in [3.8, 4) is 5.75 Å². The van der Waals surface area contributed by atoms with E-state index in [2.05, 4.69) is 30.1 Å². The largest absolute Gasteiger partial charge is 0.487 e. The highest BCUT2D eigenvalue weighted by Gasteiger charge is 2.09. The molecule has 0 aliphatic carbocycles. The third kappa shape index (κ3) is 3.67. The maximum absolute atomic E-state index is 5.84. The van der Waals surface area contributed by atoms with E-state index >= 15 is 0 Å². The maximum Gasteiger partial charge on any atom is 0.151 e. The maximum atomic E-state index is 5.84. The molecule has 0 bridgehead atoms. The lowest BCUT2D eigenvalue weighted by atomic mass is 9.98. The molecule has 100 valence electrons. The van der Waals surface area contributed by atoms with Crippen LogP contribution in [0.5, 0.6) is 5.75 Å². The Balaban J connectivity index is 2.09. The molecule has 0 radical (unpaired) electrons. The Morgan fingerprint density at radius 2 is 1.95 bits per heavy atom. The summed E-state index contributed by atoms with van der Waals surface area (Å²) in [6.07, 6.45) is 1.08. The number of benzene rings is 1. The van der Waals surface area contributed by atoms with Crippen molar-refractivity contribution >= 4 is 11.6 Å². The summed E-state index contributed by atoms with van der Waals surface area (Å²) in [5.41, 5.74) is 2.00. The van der Waals surface area contributed by atoms with Crippen molar-refractivity contribution in [1.82, 2.24) is 10.2 Å². The molecule has 2 rings (SSSR count). The van der Waals surface area contributed by atoms with Crippen LogP contribution in [0.1, 0.15) is 37.4 Å². The van der Waals surface area contributed by atoms with Crippen LogP contribution < -0.4 is 4.74 Å². The lowest BCUT2D eigenvalue weighted by molar-refractivity contribution is 0.295. The van der Waals surface area contributed by atoms with Crippen LogP contribution in [-0.2, 0) is 6.61 Å². The lowest BCUT2D eigenvalue weighted by Crippen LogP contribution is -2.03. The summed E-state index contributed by atoms with van der Waals surface area (Å²) < 4.78 is 5.84. The van der Waals surface area contributed by atoms with Crippen LogP contribution in [0.2, 0.25) is 5.15 Å². The van der Waals surface area contributed by atoms with Gasteiger partial charge in [0, 0.05) is 0 Å². The average molecular weight is 277 g/mol. The van der Waals surface area contributed by atoms with Gasteiger partial charge < -0.3 is 4.74 Å². The van der Waals surface area contributed by atoms with Gasteiger partial charge in [0.25, 0.3) is 0 Å². The van der Waals surface area contributed by atoms with Gasteiger partial charge in [-0.3, -0.25) is 0 Å². The molecule has 3 nitrogen and oxygen atoms in total. The van der Waals surface area contributed by atoms with Crippen molar-refractivity contribution in [2.24, 2.45) is 0 Å². The molecule has 4 heteroatoms. The fourth-order valence-electron chi connectivity index (χ4n) is 1.81. The van der Waals surface area contributed by atoms with Crippen LogP contribution >= 0.6 is 11.6 Å². The van der Waals surface area contributed by atoms with Crippen molar-refractivity contribution in [3.63, 3.8) is 0 Å². The van der Waals surface area contributed by atoms with E-state index in [9.17, 15) is 0 Å². The molecule has 0 spiro atoms. The SMILES string of the molecule is CCC(C)c1ccccc1OCc1ccc(Cl)nn1. The zero-order valence-electron chi connectivity index (χ0n) is 11.1. The first-order valence-corrected chi connectivity index (χ1v) is 6.78. The number of ether oxygens (including phenoxy) is 1. The van der Waals surface area contributed by atoms with Gasteiger partial charge in [0.05, 0.1) is 0 Å². The molecule has 0 aliphatic heterocycles. The van der Waals surface area contributed by atoms with Gasteiger partial charge >= 0.3 is 0 Å². The first-order chi connectivity index (χ1) is 9.20. The van der Waals surface area contributed by atoms with Gasteiger partial charge in [-0.1, -0.05) is 43.6 Å². The summed E-state index contributed by atoms with van der Waals surface area (Å²) in [6, 6.07) is 11.7. The molecule has 1 heterocycles. The smallest absolute Gasteiger partial charge is 0.151 e. The Bertz CT molecular complexity index is 528. The number of hydrogen-bond acceptors (Lipinski definition) is 3. The molecule has 19 heavy (non-hydrogen) atoms. The molecule has 0 aliphatic rings. The number of hydrogen-bond donors (Lipinski definition) is 0. The number of para-hydroxylation sites is 1. The highest BCUT2D eigenvalue weighted by Crippen LogP contribution is 2.28. The summed E-state index contributed by atoms with van der Waals surface area (Å²) in [6.45, 7) is 4.77. The van der Waals surface area contributed by atoms with Crippen LogP contribution in [-0.4, -0.2) is 10.2 Å². The Labute approximate surface area is 118 Å². The molecule has 1 aromatic carbocycles. The minimum Gasteiger partial charge on any atom is -0.487 e. The van der Waals surface area contributed by atoms with E-state index in [1.807, 2.05) is 24.3 Å². The summed E-state index contributed by atoms with van der Waals surface area (Å²) >= 11 is 5.70. The van der Waals surface area contributed by atoms with Gasteiger partial charge in [-0.15, -0.1) is 5.10 Å². The topological polar surface area (TPSA) is 35.0 Å². The van der Waals surface area contributed by atoms with Gasteiger partial charge in [0.1, 0.15) is 18.1 Å². The summed E-state index contributed by atoms with van der Waals surface area (Å²) in [5.74, 6) is 1.39. The number of rotatable bonds is 5. The van der Waals surface area contributed by atoms with Gasteiger partial charge in [0.2, 0.25) is 0 Å². The third-order valence-corrected chi connectivity index (χ3v) is 3.33. The molecule has 0 N–H and O–H groups in total. The molecular formula is C15H17ClN2O. The number of nitrogens with zero attached hydrogens (tertiary/aromatic N) is 2. The van der Waals surface area contributed by atoms with Crippen LogP contribution in [0.15, 0.2) is 36.4 Å². The van der Waals surface area contributed by atoms with Gasteiger partial charge in [-0.05, 0) is 36.1 Å². The second-order valence-corrected chi connectivity index (χ2v) is 4.87. The quantitative estimate of drug-likeness (QED) is 0.820. The number of aromatic nitrogens is 2. The van der Waals surface area contributed by atoms with E-state index in [0.717, 1.165) is 17.9 Å². The van der Waals surface area contributed by atoms with E-state index in [-0.39, 0.29) is 0 Å². The standard InChI is InChI=1S/C15H17ClN2O/c1-3-11(2)13-6-4-5-7-14(13)19-10-12-8-9-15(16)18-17-12/h4-9,11H,3,10H2,1-2H3. The zero-order chi connectivity index (χ0) is 13.7. The third-order valence-electron chi connectivity index (χ3n) is 3.13. The zero-order valence-corrected chi connectivity index (χ0v) is 11.9. The predicted octanol–water partition coefficient (Wildman–Crippen LogP) is 4.22. The second kappa shape index (κ2) is 6.53. The molecule has 0 saturated carbocycles. The Kier molecular flexibility index (Phi) is 4.74. The van der Waals surface area contributed by atoms with E-state index < -0.39 is 0 Å². The predicted molar refractivity (Wildman–Crippen MR) is 76.5 cm³/mol. The Morgan fingerprint density at radius 1 is 1.16 bits per heavy atom. The van der Waals surface area contributed by atoms with Crippen molar-refractivity contribution in [2.75, 3.05) is 0 Å². The van der Waals surface area contributed by atoms with Crippen LogP contribution in [0.3, 0.4) is 0 Å². The minimum atomic E-state index is 0.392. The first kappa shape index (κ1) is 13.8. The van der Waals surface area contributed by atoms with E-state index in [0.29, 0.717) is 17.7 Å². The van der Waals surface area contributed by atoms with Crippen molar-refractivity contribution in [1.29, 1.82) is 0 Å². The average Bonchev–Trinajstić information content (AvgIpc) is 2.46. The van der Waals surface area contributed by atoms with Gasteiger partial charge in [-0.2, -0.15) is 5.10 Å². The Morgan fingerprint density at radius 3 is 2.63 bits per heavy atom. The summed E-state index contributed by atoms with van der Waals surface area (Å²) in [4.78, 5) is 0. The molecule has 0 amide bonds. The molecule has 0 saturated heterocycles. The molecule has 1 unspecified atom stereocenters. The van der Waals surface area contributed by atoms with Crippen molar-refractivity contribution in [3.05, 3.63) is 52.8 Å². The van der Waals surface area contributed by atoms with Gasteiger partial charge in [-0.25, -0.2) is 0 Å². The highest BCUT2D eigenvalue weighted by atomic mass is 35.5. The highest BCUT2D eigenvalue weighted by molar-refractivity contribution is 6.29. The first-order valence-electron chi connectivity index (χ1n) is 6.40. The van der Waals surface area contributed by atoms with Crippen molar-refractivity contribution in [2.45, 2.75) is 32.8 Å². The molecular weight excluding hydrogens is 260 g/mol. The van der Waals surface area contributed by atoms with Crippen molar-refractivity contribution < 1.29 is 4.74 Å². The molecule has 1 atom stereocenters. The van der Waals surface area contributed by atoms with E-state index in [1.165, 1.54) is 5.56 Å². The fraction of sp³-hybridized carbons (Fsp3) is 0.333. The van der Waals surface area contributed by atoms with Gasteiger partial charge in [0.15, 0.2) is 5.15 Å². The summed E-state index contributed by atoms with van der Waals surface area (Å²) in [7, 11) is 0.